The summed E-state index contributed by atoms with van der Waals surface area (Å²) in [4.78, 5) is 23.0. The van der Waals surface area contributed by atoms with Crippen LogP contribution in [0.25, 0.3) is 0 Å². The van der Waals surface area contributed by atoms with Crippen LogP contribution in [0.1, 0.15) is 29.6 Å². The van der Waals surface area contributed by atoms with Crippen LogP contribution in [0.3, 0.4) is 0 Å². The first-order valence-electron chi connectivity index (χ1n) is 5.93. The van der Waals surface area contributed by atoms with E-state index in [0.29, 0.717) is 18.9 Å². The Morgan fingerprint density at radius 2 is 1.90 bits per heavy atom. The van der Waals surface area contributed by atoms with Crippen molar-refractivity contribution >= 4 is 11.8 Å². The predicted molar refractivity (Wildman–Crippen MR) is 69.5 cm³/mol. The minimum atomic E-state index is -0.929. The normalized spacial score (nSPS) is 11.4. The van der Waals surface area contributed by atoms with Gasteiger partial charge in [0.25, 0.3) is 5.91 Å². The lowest BCUT2D eigenvalue weighted by Gasteiger charge is -2.15. The number of rotatable bonds is 6. The number of primary amides is 1. The number of unbranched alkanes of at least 4 members (excludes halogenated alkanes) is 1. The van der Waals surface area contributed by atoms with Crippen LogP contribution < -0.4 is 11.1 Å². The summed E-state index contributed by atoms with van der Waals surface area (Å²) >= 11 is 0. The third-order valence-corrected chi connectivity index (χ3v) is 2.59. The van der Waals surface area contributed by atoms with Gasteiger partial charge in [0.2, 0.25) is 5.91 Å². The molecule has 0 heterocycles. The standard InChI is InChI=1S/C14H14F2N2O2/c1-2-3-4-5-12(13(17)19)18-14(20)9-6-10(15)8-11(16)7-9/h1,6-8,12H,3-5H2,(H2,17,19)(H,18,20)/t12-/m1/s1. The molecule has 1 atom stereocenters. The molecule has 20 heavy (non-hydrogen) atoms. The first kappa shape index (κ1) is 15.6. The molecule has 1 aromatic carbocycles. The van der Waals surface area contributed by atoms with Crippen LogP contribution in [0.2, 0.25) is 0 Å². The Hall–Kier alpha value is -2.42. The lowest BCUT2D eigenvalue weighted by atomic mass is 10.1. The summed E-state index contributed by atoms with van der Waals surface area (Å²) in [5, 5.41) is 2.33. The molecule has 0 saturated heterocycles. The summed E-state index contributed by atoms with van der Waals surface area (Å²) in [7, 11) is 0. The van der Waals surface area contributed by atoms with E-state index in [1.807, 2.05) is 0 Å². The van der Waals surface area contributed by atoms with Gasteiger partial charge in [-0.25, -0.2) is 8.78 Å². The van der Waals surface area contributed by atoms with Crippen LogP contribution in [0.15, 0.2) is 18.2 Å². The molecule has 1 aromatic rings. The van der Waals surface area contributed by atoms with E-state index in [0.717, 1.165) is 12.1 Å². The molecule has 0 fully saturated rings. The third kappa shape index (κ3) is 4.69. The van der Waals surface area contributed by atoms with E-state index in [2.05, 4.69) is 11.2 Å². The van der Waals surface area contributed by atoms with Crippen LogP contribution in [0.5, 0.6) is 0 Å². The van der Waals surface area contributed by atoms with Gasteiger partial charge in [-0.3, -0.25) is 9.59 Å². The van der Waals surface area contributed by atoms with Crippen molar-refractivity contribution in [3.63, 3.8) is 0 Å². The second kappa shape index (κ2) is 7.24. The van der Waals surface area contributed by atoms with Gasteiger partial charge in [-0.2, -0.15) is 0 Å². The first-order valence-corrected chi connectivity index (χ1v) is 5.93. The predicted octanol–water partition coefficient (Wildman–Crippen LogP) is 1.35. The van der Waals surface area contributed by atoms with Gasteiger partial charge in [-0.05, 0) is 25.0 Å². The summed E-state index contributed by atoms with van der Waals surface area (Å²) in [5.74, 6) is -0.855. The fourth-order valence-electron chi connectivity index (χ4n) is 1.62. The van der Waals surface area contributed by atoms with Crippen molar-refractivity contribution in [3.05, 3.63) is 35.4 Å². The van der Waals surface area contributed by atoms with E-state index >= 15 is 0 Å². The zero-order valence-corrected chi connectivity index (χ0v) is 10.7. The van der Waals surface area contributed by atoms with E-state index < -0.39 is 29.5 Å². The number of hydrogen-bond acceptors (Lipinski definition) is 2. The molecule has 0 radical (unpaired) electrons. The summed E-state index contributed by atoms with van der Waals surface area (Å²) in [6, 6.07) is 1.47. The molecule has 0 saturated carbocycles. The maximum absolute atomic E-state index is 13.0. The van der Waals surface area contributed by atoms with Crippen LogP contribution in [0.4, 0.5) is 8.78 Å². The second-order valence-electron chi connectivity index (χ2n) is 4.18. The van der Waals surface area contributed by atoms with Gasteiger partial charge in [0.15, 0.2) is 0 Å². The molecule has 0 unspecified atom stereocenters. The Kier molecular flexibility index (Phi) is 5.66. The minimum Gasteiger partial charge on any atom is -0.368 e. The molecule has 4 nitrogen and oxygen atoms in total. The van der Waals surface area contributed by atoms with Gasteiger partial charge in [-0.15, -0.1) is 12.3 Å². The maximum atomic E-state index is 13.0. The Balaban J connectivity index is 2.75. The van der Waals surface area contributed by atoms with Gasteiger partial charge < -0.3 is 11.1 Å². The number of nitrogens with one attached hydrogen (secondary N) is 1. The molecular weight excluding hydrogens is 266 g/mol. The zero-order valence-electron chi connectivity index (χ0n) is 10.7. The number of amides is 2. The fraction of sp³-hybridized carbons (Fsp3) is 0.286. The van der Waals surface area contributed by atoms with Crippen molar-refractivity contribution in [2.75, 3.05) is 0 Å². The van der Waals surface area contributed by atoms with Gasteiger partial charge in [0.1, 0.15) is 17.7 Å². The molecule has 0 aliphatic carbocycles. The van der Waals surface area contributed by atoms with Crippen molar-refractivity contribution in [1.82, 2.24) is 5.32 Å². The largest absolute Gasteiger partial charge is 0.368 e. The van der Waals surface area contributed by atoms with Crippen LogP contribution >= 0.6 is 0 Å². The molecule has 0 aliphatic rings. The zero-order chi connectivity index (χ0) is 15.1. The Bertz CT molecular complexity index is 532. The Morgan fingerprint density at radius 3 is 2.40 bits per heavy atom. The molecule has 0 bridgehead atoms. The number of benzene rings is 1. The monoisotopic (exact) mass is 280 g/mol. The van der Waals surface area contributed by atoms with E-state index in [4.69, 9.17) is 12.2 Å². The molecule has 106 valence electrons. The van der Waals surface area contributed by atoms with E-state index in [1.165, 1.54) is 0 Å². The van der Waals surface area contributed by atoms with E-state index in [9.17, 15) is 18.4 Å². The Labute approximate surface area is 115 Å². The third-order valence-electron chi connectivity index (χ3n) is 2.59. The minimum absolute atomic E-state index is 0.217. The van der Waals surface area contributed by atoms with Crippen molar-refractivity contribution in [1.29, 1.82) is 0 Å². The molecule has 6 heteroatoms. The number of hydrogen-bond donors (Lipinski definition) is 2. The lowest BCUT2D eigenvalue weighted by molar-refractivity contribution is -0.120. The van der Waals surface area contributed by atoms with Crippen molar-refractivity contribution in [2.24, 2.45) is 5.73 Å². The van der Waals surface area contributed by atoms with Crippen LogP contribution in [-0.2, 0) is 4.79 Å². The van der Waals surface area contributed by atoms with Gasteiger partial charge in [0.05, 0.1) is 0 Å². The second-order valence-corrected chi connectivity index (χ2v) is 4.18. The maximum Gasteiger partial charge on any atom is 0.252 e. The highest BCUT2D eigenvalue weighted by Crippen LogP contribution is 2.09. The summed E-state index contributed by atoms with van der Waals surface area (Å²) in [6.45, 7) is 0. The summed E-state index contributed by atoms with van der Waals surface area (Å²) in [6.07, 6.45) is 6.29. The summed E-state index contributed by atoms with van der Waals surface area (Å²) < 4.78 is 26.0. The number of halogens is 2. The van der Waals surface area contributed by atoms with Crippen LogP contribution in [-0.4, -0.2) is 17.9 Å². The van der Waals surface area contributed by atoms with Gasteiger partial charge >= 0.3 is 0 Å². The molecular formula is C14H14F2N2O2. The van der Waals surface area contributed by atoms with Crippen molar-refractivity contribution in [3.8, 4) is 12.3 Å². The molecule has 0 aromatic heterocycles. The Morgan fingerprint density at radius 1 is 1.30 bits per heavy atom. The fourth-order valence-corrected chi connectivity index (χ4v) is 1.62. The highest BCUT2D eigenvalue weighted by Gasteiger charge is 2.19. The van der Waals surface area contributed by atoms with Gasteiger partial charge in [0, 0.05) is 18.1 Å². The quantitative estimate of drug-likeness (QED) is 0.610. The topological polar surface area (TPSA) is 72.2 Å². The SMILES string of the molecule is C#CCCC[C@@H](NC(=O)c1cc(F)cc(F)c1)C(N)=O. The number of terminal acetylenes is 1. The number of nitrogens with two attached hydrogens (primary N) is 1. The highest BCUT2D eigenvalue weighted by atomic mass is 19.1. The molecule has 0 spiro atoms. The lowest BCUT2D eigenvalue weighted by Crippen LogP contribution is -2.44. The average molecular weight is 280 g/mol. The smallest absolute Gasteiger partial charge is 0.252 e. The molecule has 0 aliphatic heterocycles. The van der Waals surface area contributed by atoms with Crippen molar-refractivity contribution < 1.29 is 18.4 Å². The molecule has 3 N–H and O–H groups in total. The summed E-state index contributed by atoms with van der Waals surface area (Å²) in [5.41, 5.74) is 4.93. The average Bonchev–Trinajstić information content (AvgIpc) is 2.36. The van der Waals surface area contributed by atoms with Crippen molar-refractivity contribution in [2.45, 2.75) is 25.3 Å². The molecule has 2 amide bonds. The van der Waals surface area contributed by atoms with E-state index in [1.54, 1.807) is 0 Å². The van der Waals surface area contributed by atoms with Gasteiger partial charge in [-0.1, -0.05) is 0 Å². The first-order chi connectivity index (χ1) is 9.43. The number of carbonyl (C=O) groups is 2. The highest BCUT2D eigenvalue weighted by molar-refractivity contribution is 5.97. The number of carbonyl (C=O) groups excluding carboxylic acids is 2. The van der Waals surface area contributed by atoms with Crippen LogP contribution in [0, 0.1) is 24.0 Å². The molecule has 1 rings (SSSR count). The van der Waals surface area contributed by atoms with E-state index in [-0.39, 0.29) is 12.0 Å².